The predicted octanol–water partition coefficient (Wildman–Crippen LogP) is 2.49. The summed E-state index contributed by atoms with van der Waals surface area (Å²) in [6, 6.07) is 1.71. The van der Waals surface area contributed by atoms with Crippen LogP contribution in [0.2, 0.25) is 0 Å². The molecule has 0 spiro atoms. The molecule has 3 fully saturated rings. The molecule has 0 amide bonds. The van der Waals surface area contributed by atoms with Gasteiger partial charge in [-0.2, -0.15) is 0 Å². The summed E-state index contributed by atoms with van der Waals surface area (Å²) in [5.74, 6) is 1.88. The highest BCUT2D eigenvalue weighted by Crippen LogP contribution is 2.41. The summed E-state index contributed by atoms with van der Waals surface area (Å²) in [7, 11) is 0. The Kier molecular flexibility index (Phi) is 2.99. The van der Waals surface area contributed by atoms with E-state index in [2.05, 4.69) is 31.0 Å². The lowest BCUT2D eigenvalue weighted by atomic mass is 9.75. The first kappa shape index (κ1) is 12.0. The van der Waals surface area contributed by atoms with Crippen LogP contribution in [-0.2, 0) is 0 Å². The van der Waals surface area contributed by atoms with Crippen LogP contribution in [0.1, 0.15) is 46.5 Å². The highest BCUT2D eigenvalue weighted by Gasteiger charge is 2.44. The van der Waals surface area contributed by atoms with Crippen molar-refractivity contribution in [1.82, 2.24) is 10.2 Å². The SMILES string of the molecule is CC1C2CNCC2CN1C1CCC(C)(C)CC1. The van der Waals surface area contributed by atoms with Crippen molar-refractivity contribution in [2.45, 2.75) is 58.5 Å². The molecule has 3 rings (SSSR count). The molecule has 98 valence electrons. The van der Waals surface area contributed by atoms with E-state index in [0.717, 1.165) is 23.9 Å². The minimum Gasteiger partial charge on any atom is -0.316 e. The van der Waals surface area contributed by atoms with Gasteiger partial charge in [-0.05, 0) is 62.9 Å². The summed E-state index contributed by atoms with van der Waals surface area (Å²) in [5.41, 5.74) is 0.608. The minimum absolute atomic E-state index is 0.608. The lowest BCUT2D eigenvalue weighted by Crippen LogP contribution is -2.43. The second kappa shape index (κ2) is 4.24. The van der Waals surface area contributed by atoms with Gasteiger partial charge in [0.05, 0.1) is 0 Å². The van der Waals surface area contributed by atoms with Gasteiger partial charge in [0.1, 0.15) is 0 Å². The van der Waals surface area contributed by atoms with E-state index < -0.39 is 0 Å². The number of likely N-dealkylation sites (tertiary alicyclic amines) is 1. The number of nitrogens with zero attached hydrogens (tertiary/aromatic N) is 1. The Balaban J connectivity index is 1.63. The van der Waals surface area contributed by atoms with Crippen molar-refractivity contribution >= 4 is 0 Å². The Morgan fingerprint density at radius 1 is 1.12 bits per heavy atom. The molecular formula is C15H28N2. The molecule has 1 N–H and O–H groups in total. The van der Waals surface area contributed by atoms with Crippen LogP contribution >= 0.6 is 0 Å². The van der Waals surface area contributed by atoms with E-state index >= 15 is 0 Å². The minimum atomic E-state index is 0.608. The summed E-state index contributed by atoms with van der Waals surface area (Å²) in [6.07, 6.45) is 5.72. The number of hydrogen-bond acceptors (Lipinski definition) is 2. The first-order valence-electron chi connectivity index (χ1n) is 7.53. The fourth-order valence-corrected chi connectivity index (χ4v) is 4.40. The van der Waals surface area contributed by atoms with Gasteiger partial charge in [0.2, 0.25) is 0 Å². The van der Waals surface area contributed by atoms with Crippen LogP contribution in [0.25, 0.3) is 0 Å². The first-order valence-corrected chi connectivity index (χ1v) is 7.53. The maximum absolute atomic E-state index is 3.56. The maximum Gasteiger partial charge on any atom is 0.0114 e. The molecule has 1 aliphatic carbocycles. The lowest BCUT2D eigenvalue weighted by molar-refractivity contribution is 0.0930. The maximum atomic E-state index is 3.56. The van der Waals surface area contributed by atoms with Crippen LogP contribution in [0.4, 0.5) is 0 Å². The van der Waals surface area contributed by atoms with Crippen LogP contribution in [0.3, 0.4) is 0 Å². The van der Waals surface area contributed by atoms with Gasteiger partial charge < -0.3 is 5.32 Å². The number of nitrogens with one attached hydrogen (secondary N) is 1. The molecule has 2 nitrogen and oxygen atoms in total. The van der Waals surface area contributed by atoms with Crippen molar-refractivity contribution in [3.63, 3.8) is 0 Å². The van der Waals surface area contributed by atoms with E-state index in [9.17, 15) is 0 Å². The van der Waals surface area contributed by atoms with Gasteiger partial charge in [-0.1, -0.05) is 13.8 Å². The Hall–Kier alpha value is -0.0800. The summed E-state index contributed by atoms with van der Waals surface area (Å²) in [6.45, 7) is 11.2. The van der Waals surface area contributed by atoms with E-state index in [0.29, 0.717) is 5.41 Å². The first-order chi connectivity index (χ1) is 8.07. The summed E-state index contributed by atoms with van der Waals surface area (Å²) < 4.78 is 0. The average molecular weight is 236 g/mol. The number of fused-ring (bicyclic) bond motifs is 1. The molecule has 3 unspecified atom stereocenters. The predicted molar refractivity (Wildman–Crippen MR) is 72.1 cm³/mol. The van der Waals surface area contributed by atoms with Gasteiger partial charge in [0.25, 0.3) is 0 Å². The highest BCUT2D eigenvalue weighted by molar-refractivity contribution is 4.99. The van der Waals surface area contributed by atoms with Gasteiger partial charge in [0, 0.05) is 18.6 Å². The molecule has 2 aliphatic heterocycles. The van der Waals surface area contributed by atoms with E-state index in [1.807, 2.05) is 0 Å². The zero-order chi connectivity index (χ0) is 12.0. The molecule has 1 saturated carbocycles. The molecule has 0 aromatic rings. The van der Waals surface area contributed by atoms with Crippen molar-refractivity contribution in [2.24, 2.45) is 17.3 Å². The fraction of sp³-hybridized carbons (Fsp3) is 1.00. The smallest absolute Gasteiger partial charge is 0.0114 e. The molecule has 0 radical (unpaired) electrons. The molecule has 0 aromatic heterocycles. The second-order valence-corrected chi connectivity index (χ2v) is 7.41. The zero-order valence-electron chi connectivity index (χ0n) is 11.7. The Bertz CT molecular complexity index is 277. The highest BCUT2D eigenvalue weighted by atomic mass is 15.2. The Morgan fingerprint density at radius 2 is 1.82 bits per heavy atom. The van der Waals surface area contributed by atoms with Crippen molar-refractivity contribution in [1.29, 1.82) is 0 Å². The summed E-state index contributed by atoms with van der Waals surface area (Å²) in [4.78, 5) is 2.85. The average Bonchev–Trinajstić information content (AvgIpc) is 2.83. The van der Waals surface area contributed by atoms with Gasteiger partial charge in [-0.15, -0.1) is 0 Å². The van der Waals surface area contributed by atoms with Crippen LogP contribution in [0.15, 0.2) is 0 Å². The van der Waals surface area contributed by atoms with E-state index in [1.165, 1.54) is 45.3 Å². The Morgan fingerprint density at radius 3 is 2.47 bits per heavy atom. The molecule has 2 saturated heterocycles. The molecule has 0 aromatic carbocycles. The van der Waals surface area contributed by atoms with Gasteiger partial charge in [0.15, 0.2) is 0 Å². The van der Waals surface area contributed by atoms with Crippen LogP contribution in [0, 0.1) is 17.3 Å². The summed E-state index contributed by atoms with van der Waals surface area (Å²) >= 11 is 0. The molecular weight excluding hydrogens is 208 g/mol. The molecule has 3 aliphatic rings. The van der Waals surface area contributed by atoms with Crippen molar-refractivity contribution < 1.29 is 0 Å². The largest absolute Gasteiger partial charge is 0.316 e. The topological polar surface area (TPSA) is 15.3 Å². The van der Waals surface area contributed by atoms with Crippen LogP contribution in [0.5, 0.6) is 0 Å². The molecule has 2 heterocycles. The summed E-state index contributed by atoms with van der Waals surface area (Å²) in [5, 5.41) is 3.56. The van der Waals surface area contributed by atoms with Crippen molar-refractivity contribution in [3.05, 3.63) is 0 Å². The third-order valence-corrected chi connectivity index (χ3v) is 5.76. The van der Waals surface area contributed by atoms with Gasteiger partial charge in [-0.3, -0.25) is 4.90 Å². The van der Waals surface area contributed by atoms with Gasteiger partial charge >= 0.3 is 0 Å². The Labute approximate surface area is 106 Å². The van der Waals surface area contributed by atoms with Crippen molar-refractivity contribution in [3.8, 4) is 0 Å². The van der Waals surface area contributed by atoms with E-state index in [1.54, 1.807) is 0 Å². The standard InChI is InChI=1S/C15H28N2/c1-11-14-9-16-8-12(14)10-17(11)13-4-6-15(2,3)7-5-13/h11-14,16H,4-10H2,1-3H3. The number of rotatable bonds is 1. The molecule has 3 atom stereocenters. The van der Waals surface area contributed by atoms with E-state index in [-0.39, 0.29) is 0 Å². The second-order valence-electron chi connectivity index (χ2n) is 7.41. The van der Waals surface area contributed by atoms with Crippen LogP contribution < -0.4 is 5.32 Å². The van der Waals surface area contributed by atoms with Gasteiger partial charge in [-0.25, -0.2) is 0 Å². The fourth-order valence-electron chi connectivity index (χ4n) is 4.40. The third kappa shape index (κ3) is 2.15. The number of hydrogen-bond donors (Lipinski definition) is 1. The molecule has 0 bridgehead atoms. The lowest BCUT2D eigenvalue weighted by Gasteiger charge is -2.41. The molecule has 2 heteroatoms. The van der Waals surface area contributed by atoms with E-state index in [4.69, 9.17) is 0 Å². The van der Waals surface area contributed by atoms with Crippen LogP contribution in [-0.4, -0.2) is 36.6 Å². The molecule has 17 heavy (non-hydrogen) atoms. The monoisotopic (exact) mass is 236 g/mol. The quantitative estimate of drug-likeness (QED) is 0.752. The third-order valence-electron chi connectivity index (χ3n) is 5.76. The zero-order valence-corrected chi connectivity index (χ0v) is 11.7. The van der Waals surface area contributed by atoms with Crippen molar-refractivity contribution in [2.75, 3.05) is 19.6 Å². The normalized spacial score (nSPS) is 42.9.